The van der Waals surface area contributed by atoms with E-state index in [1.165, 1.54) is 60.1 Å². The van der Waals surface area contributed by atoms with Gasteiger partial charge in [-0.25, -0.2) is 0 Å². The molecule has 0 unspecified atom stereocenters. The summed E-state index contributed by atoms with van der Waals surface area (Å²) in [4.78, 5) is 4.86. The molecule has 334 valence electrons. The van der Waals surface area contributed by atoms with Crippen molar-refractivity contribution in [3.8, 4) is 39.1 Å². The van der Waals surface area contributed by atoms with Crippen LogP contribution in [0.5, 0.6) is 0 Å². The fourth-order valence-corrected chi connectivity index (χ4v) is 10.7. The molecule has 0 saturated heterocycles. The lowest BCUT2D eigenvalue weighted by molar-refractivity contribution is 1.18. The number of aromatic nitrogens is 1. The van der Waals surface area contributed by atoms with Crippen molar-refractivity contribution >= 4 is 77.5 Å². The fourth-order valence-electron chi connectivity index (χ4n) is 10.7. The van der Waals surface area contributed by atoms with Crippen LogP contribution in [0.25, 0.3) is 82.4 Å². The minimum absolute atomic E-state index is 1.08. The molecule has 0 amide bonds. The molecular formula is C68H47N3. The van der Waals surface area contributed by atoms with Gasteiger partial charge in [0.2, 0.25) is 0 Å². The molecule has 0 aliphatic heterocycles. The third kappa shape index (κ3) is 7.49. The molecule has 1 aromatic heterocycles. The summed E-state index contributed by atoms with van der Waals surface area (Å²) in [5.41, 5.74) is 17.0. The van der Waals surface area contributed by atoms with Gasteiger partial charge in [-0.1, -0.05) is 212 Å². The van der Waals surface area contributed by atoms with Gasteiger partial charge in [-0.15, -0.1) is 0 Å². The molecule has 0 radical (unpaired) electrons. The zero-order chi connectivity index (χ0) is 47.1. The molecule has 3 nitrogen and oxygen atoms in total. The van der Waals surface area contributed by atoms with E-state index in [0.717, 1.165) is 56.4 Å². The van der Waals surface area contributed by atoms with E-state index in [1.54, 1.807) is 0 Å². The number of hydrogen-bond donors (Lipinski definition) is 0. The van der Waals surface area contributed by atoms with Gasteiger partial charge < -0.3 is 14.4 Å². The van der Waals surface area contributed by atoms with Crippen molar-refractivity contribution < 1.29 is 0 Å². The molecule has 0 aliphatic rings. The van der Waals surface area contributed by atoms with Gasteiger partial charge in [0, 0.05) is 50.0 Å². The van der Waals surface area contributed by atoms with E-state index in [-0.39, 0.29) is 0 Å². The number of rotatable bonds is 10. The topological polar surface area (TPSA) is 11.4 Å². The number of hydrogen-bond acceptors (Lipinski definition) is 2. The van der Waals surface area contributed by atoms with Gasteiger partial charge in [-0.05, 0) is 117 Å². The van der Waals surface area contributed by atoms with Gasteiger partial charge in [0.1, 0.15) is 0 Å². The van der Waals surface area contributed by atoms with Gasteiger partial charge >= 0.3 is 0 Å². The van der Waals surface area contributed by atoms with Crippen LogP contribution in [0.1, 0.15) is 0 Å². The van der Waals surface area contributed by atoms with Gasteiger partial charge in [-0.3, -0.25) is 0 Å². The summed E-state index contributed by atoms with van der Waals surface area (Å²) < 4.78 is 2.52. The second-order valence-corrected chi connectivity index (χ2v) is 18.1. The molecule has 0 aliphatic carbocycles. The highest BCUT2D eigenvalue weighted by Gasteiger charge is 2.26. The second-order valence-electron chi connectivity index (χ2n) is 18.1. The minimum Gasteiger partial charge on any atom is -0.310 e. The molecule has 0 bridgehead atoms. The first-order valence-corrected chi connectivity index (χ1v) is 24.3. The zero-order valence-corrected chi connectivity index (χ0v) is 39.0. The first-order chi connectivity index (χ1) is 35.2. The maximum absolute atomic E-state index is 2.52. The van der Waals surface area contributed by atoms with E-state index in [9.17, 15) is 0 Å². The Hall–Kier alpha value is -9.44. The van der Waals surface area contributed by atoms with Gasteiger partial charge in [-0.2, -0.15) is 0 Å². The van der Waals surface area contributed by atoms with Crippen LogP contribution >= 0.6 is 0 Å². The van der Waals surface area contributed by atoms with E-state index in [1.807, 2.05) is 0 Å². The second kappa shape index (κ2) is 17.9. The molecule has 0 fully saturated rings. The van der Waals surface area contributed by atoms with Gasteiger partial charge in [0.25, 0.3) is 0 Å². The molecule has 71 heavy (non-hydrogen) atoms. The van der Waals surface area contributed by atoms with Crippen LogP contribution in [-0.2, 0) is 0 Å². The highest BCUT2D eigenvalue weighted by atomic mass is 15.2. The molecule has 3 heteroatoms. The summed E-state index contributed by atoms with van der Waals surface area (Å²) in [6.45, 7) is 0. The monoisotopic (exact) mass is 905 g/mol. The molecule has 13 aromatic rings. The predicted octanol–water partition coefficient (Wildman–Crippen LogP) is 19.0. The van der Waals surface area contributed by atoms with E-state index in [2.05, 4.69) is 299 Å². The third-order valence-electron chi connectivity index (χ3n) is 13.9. The highest BCUT2D eigenvalue weighted by Crippen LogP contribution is 2.50. The number of fused-ring (bicyclic) bond motifs is 7. The van der Waals surface area contributed by atoms with Crippen molar-refractivity contribution in [3.63, 3.8) is 0 Å². The summed E-state index contributed by atoms with van der Waals surface area (Å²) in [6, 6.07) is 103. The zero-order valence-electron chi connectivity index (χ0n) is 39.0. The average molecular weight is 906 g/mol. The summed E-state index contributed by atoms with van der Waals surface area (Å²) >= 11 is 0. The van der Waals surface area contributed by atoms with Gasteiger partial charge in [0.05, 0.1) is 22.4 Å². The van der Waals surface area contributed by atoms with E-state index in [0.29, 0.717) is 0 Å². The lowest BCUT2D eigenvalue weighted by Crippen LogP contribution is -2.11. The van der Waals surface area contributed by atoms with E-state index < -0.39 is 0 Å². The number of benzene rings is 12. The molecule has 12 aromatic carbocycles. The minimum atomic E-state index is 1.08. The summed E-state index contributed by atoms with van der Waals surface area (Å²) in [6.07, 6.45) is 0. The summed E-state index contributed by atoms with van der Waals surface area (Å²) in [5.74, 6) is 0. The number of nitrogens with zero attached hydrogens (tertiary/aromatic N) is 3. The molecule has 13 rings (SSSR count). The van der Waals surface area contributed by atoms with Crippen molar-refractivity contribution in [1.82, 2.24) is 4.57 Å². The number of anilines is 6. The molecule has 0 N–H and O–H groups in total. The Morgan fingerprint density at radius 3 is 0.944 bits per heavy atom. The van der Waals surface area contributed by atoms with Crippen molar-refractivity contribution in [2.24, 2.45) is 0 Å². The lowest BCUT2D eigenvalue weighted by Gasteiger charge is -2.27. The summed E-state index contributed by atoms with van der Waals surface area (Å²) in [7, 11) is 0. The van der Waals surface area contributed by atoms with Crippen LogP contribution in [0, 0.1) is 0 Å². The summed E-state index contributed by atoms with van der Waals surface area (Å²) in [5, 5.41) is 7.17. The fraction of sp³-hybridized carbons (Fsp3) is 0. The standard InChI is InChI=1S/C68H47N3/c1-6-21-48(22-7-1)51-37-41-56(42-38-51)69(54-28-12-4-13-29-54)63-46-65-67(61-35-18-16-33-59(61)63)68-62-36-19-17-34-60(62)64(47-66(68)71(65)58-32-20-27-53(45-58)50-25-10-3-11-26-50)70(55-30-14-5-15-31-55)57-43-39-52(40-44-57)49-23-8-2-9-24-49/h1-47H. The van der Waals surface area contributed by atoms with E-state index >= 15 is 0 Å². The third-order valence-corrected chi connectivity index (χ3v) is 13.9. The van der Waals surface area contributed by atoms with Crippen molar-refractivity contribution in [2.75, 3.05) is 9.80 Å². The quantitative estimate of drug-likeness (QED) is 0.135. The first kappa shape index (κ1) is 41.7. The highest BCUT2D eigenvalue weighted by molar-refractivity contribution is 6.32. The van der Waals surface area contributed by atoms with Crippen LogP contribution < -0.4 is 9.80 Å². The van der Waals surface area contributed by atoms with Gasteiger partial charge in [0.15, 0.2) is 0 Å². The van der Waals surface area contributed by atoms with Crippen LogP contribution in [0.4, 0.5) is 34.1 Å². The van der Waals surface area contributed by atoms with Crippen LogP contribution in [0.2, 0.25) is 0 Å². The molecule has 0 spiro atoms. The predicted molar refractivity (Wildman–Crippen MR) is 301 cm³/mol. The SMILES string of the molecule is c1ccc(-c2ccc(N(c3ccccc3)c3cc4c(c5ccccc35)c3c5ccccc5c(N(c5ccccc5)c5ccc(-c6ccccc6)cc5)cc3n4-c3cccc(-c4ccccc4)c3)cc2)cc1. The first-order valence-electron chi connectivity index (χ1n) is 24.3. The Labute approximate surface area is 414 Å². The Morgan fingerprint density at radius 2 is 0.535 bits per heavy atom. The lowest BCUT2D eigenvalue weighted by atomic mass is 9.96. The Morgan fingerprint density at radius 1 is 0.225 bits per heavy atom. The molecular weight excluding hydrogens is 859 g/mol. The average Bonchev–Trinajstić information content (AvgIpc) is 3.79. The largest absolute Gasteiger partial charge is 0.310 e. The Kier molecular flexibility index (Phi) is 10.5. The van der Waals surface area contributed by atoms with Crippen LogP contribution in [0.3, 0.4) is 0 Å². The molecule has 0 saturated carbocycles. The van der Waals surface area contributed by atoms with Crippen LogP contribution in [-0.4, -0.2) is 4.57 Å². The normalized spacial score (nSPS) is 11.4. The number of para-hydroxylation sites is 2. The maximum Gasteiger partial charge on any atom is 0.0568 e. The van der Waals surface area contributed by atoms with Crippen LogP contribution in [0.15, 0.2) is 285 Å². The smallest absolute Gasteiger partial charge is 0.0568 e. The van der Waals surface area contributed by atoms with Crippen molar-refractivity contribution in [2.45, 2.75) is 0 Å². The Balaban J connectivity index is 1.13. The Bertz CT molecular complexity index is 3780. The molecule has 0 atom stereocenters. The van der Waals surface area contributed by atoms with Crippen molar-refractivity contribution in [3.05, 3.63) is 285 Å². The van der Waals surface area contributed by atoms with Crippen molar-refractivity contribution in [1.29, 1.82) is 0 Å². The maximum atomic E-state index is 2.52. The van der Waals surface area contributed by atoms with E-state index in [4.69, 9.17) is 0 Å². The molecule has 1 heterocycles.